The number of nitrogens with zero attached hydrogens (tertiary/aromatic N) is 3. The summed E-state index contributed by atoms with van der Waals surface area (Å²) in [5.74, 6) is 1.24. The van der Waals surface area contributed by atoms with Crippen molar-refractivity contribution in [3.05, 3.63) is 94.0 Å². The van der Waals surface area contributed by atoms with E-state index in [0.717, 1.165) is 59.9 Å². The first-order chi connectivity index (χ1) is 15.7. The van der Waals surface area contributed by atoms with E-state index in [-0.39, 0.29) is 11.6 Å². The van der Waals surface area contributed by atoms with E-state index in [9.17, 15) is 9.59 Å². The van der Waals surface area contributed by atoms with Gasteiger partial charge < -0.3 is 4.90 Å². The summed E-state index contributed by atoms with van der Waals surface area (Å²) in [4.78, 5) is 27.1. The minimum Gasteiger partial charge on any atom is -0.339 e. The van der Waals surface area contributed by atoms with Crippen molar-refractivity contribution >= 4 is 17.2 Å². The predicted octanol–water partition coefficient (Wildman–Crippen LogP) is 4.38. The summed E-state index contributed by atoms with van der Waals surface area (Å²) in [5, 5.41) is 9.67. The maximum absolute atomic E-state index is 13.0. The molecule has 2 aromatic heterocycles. The zero-order valence-electron chi connectivity index (χ0n) is 17.6. The molecule has 4 aromatic rings. The van der Waals surface area contributed by atoms with Crippen LogP contribution >= 0.6 is 11.3 Å². The van der Waals surface area contributed by atoms with Crippen LogP contribution < -0.4 is 5.69 Å². The van der Waals surface area contributed by atoms with Crippen LogP contribution in [-0.4, -0.2) is 38.7 Å². The smallest absolute Gasteiger partial charge is 0.339 e. The fraction of sp³-hybridized carbons (Fsp3) is 0.240. The summed E-state index contributed by atoms with van der Waals surface area (Å²) in [6.07, 6.45) is 2.53. The van der Waals surface area contributed by atoms with Gasteiger partial charge in [-0.25, -0.2) is 14.5 Å². The summed E-state index contributed by atoms with van der Waals surface area (Å²) in [7, 11) is 0. The van der Waals surface area contributed by atoms with Crippen molar-refractivity contribution in [1.29, 1.82) is 0 Å². The van der Waals surface area contributed by atoms with Gasteiger partial charge in [0, 0.05) is 25.1 Å². The van der Waals surface area contributed by atoms with Crippen LogP contribution in [0.25, 0.3) is 16.1 Å². The fourth-order valence-electron chi connectivity index (χ4n) is 4.31. The Morgan fingerprint density at radius 2 is 1.69 bits per heavy atom. The first-order valence-electron chi connectivity index (χ1n) is 10.8. The van der Waals surface area contributed by atoms with Crippen molar-refractivity contribution in [1.82, 2.24) is 19.7 Å². The third kappa shape index (κ3) is 4.16. The standard InChI is InChI=1S/C25H24N4O2S/c30-24(21-10-8-20(9-11-21)19-5-2-1-3-6-19)28-14-12-18(13-15-28)17-22-26-27-25(31)29(22)23-7-4-16-32-23/h1-11,16,18H,12-15,17H2,(H,27,31). The lowest BCUT2D eigenvalue weighted by molar-refractivity contribution is 0.0689. The Bertz CT molecular complexity index is 1240. The van der Waals surface area contributed by atoms with Gasteiger partial charge in [-0.15, -0.1) is 11.3 Å². The number of rotatable bonds is 5. The number of hydrogen-bond acceptors (Lipinski definition) is 4. The van der Waals surface area contributed by atoms with Gasteiger partial charge in [0.2, 0.25) is 0 Å². The SMILES string of the molecule is O=C(c1ccc(-c2ccccc2)cc1)N1CCC(Cc2n[nH]c(=O)n2-c2cccs2)CC1. The molecule has 1 aliphatic rings. The largest absolute Gasteiger partial charge is 0.348 e. The van der Waals surface area contributed by atoms with E-state index in [4.69, 9.17) is 0 Å². The lowest BCUT2D eigenvalue weighted by Gasteiger charge is -2.32. The fourth-order valence-corrected chi connectivity index (χ4v) is 5.06. The Morgan fingerprint density at radius 1 is 0.969 bits per heavy atom. The Hall–Kier alpha value is -3.45. The van der Waals surface area contributed by atoms with E-state index in [1.807, 2.05) is 64.9 Å². The molecular weight excluding hydrogens is 420 g/mol. The molecule has 0 aliphatic carbocycles. The van der Waals surface area contributed by atoms with E-state index in [0.29, 0.717) is 5.92 Å². The summed E-state index contributed by atoms with van der Waals surface area (Å²) in [5.41, 5.74) is 2.78. The first-order valence-corrected chi connectivity index (χ1v) is 11.7. The molecule has 3 heterocycles. The van der Waals surface area contributed by atoms with Crippen molar-refractivity contribution in [2.45, 2.75) is 19.3 Å². The minimum atomic E-state index is -0.200. The normalized spacial score (nSPS) is 14.6. The third-order valence-electron chi connectivity index (χ3n) is 6.08. The van der Waals surface area contributed by atoms with Crippen molar-refractivity contribution in [2.24, 2.45) is 5.92 Å². The van der Waals surface area contributed by atoms with Gasteiger partial charge in [-0.05, 0) is 59.5 Å². The van der Waals surface area contributed by atoms with E-state index in [2.05, 4.69) is 22.3 Å². The van der Waals surface area contributed by atoms with Gasteiger partial charge in [0.05, 0.1) is 0 Å². The number of carbonyl (C=O) groups excluding carboxylic acids is 1. The summed E-state index contributed by atoms with van der Waals surface area (Å²) in [6.45, 7) is 1.44. The molecule has 2 aromatic carbocycles. The lowest BCUT2D eigenvalue weighted by atomic mass is 9.92. The number of carbonyl (C=O) groups is 1. The van der Waals surface area contributed by atoms with Gasteiger partial charge in [-0.2, -0.15) is 5.10 Å². The number of H-pyrrole nitrogens is 1. The van der Waals surface area contributed by atoms with Crippen LogP contribution in [0.15, 0.2) is 76.9 Å². The molecule has 0 spiro atoms. The molecule has 1 amide bonds. The molecule has 0 atom stereocenters. The van der Waals surface area contributed by atoms with E-state index in [1.54, 1.807) is 4.57 Å². The number of hydrogen-bond donors (Lipinski definition) is 1. The van der Waals surface area contributed by atoms with E-state index < -0.39 is 0 Å². The highest BCUT2D eigenvalue weighted by atomic mass is 32.1. The van der Waals surface area contributed by atoms with Crippen LogP contribution in [0, 0.1) is 5.92 Å². The van der Waals surface area contributed by atoms with Gasteiger partial charge >= 0.3 is 5.69 Å². The molecule has 1 saturated heterocycles. The highest BCUT2D eigenvalue weighted by Crippen LogP contribution is 2.25. The van der Waals surface area contributed by atoms with Crippen LogP contribution in [0.5, 0.6) is 0 Å². The van der Waals surface area contributed by atoms with Gasteiger partial charge in [0.1, 0.15) is 10.8 Å². The highest BCUT2D eigenvalue weighted by Gasteiger charge is 2.25. The van der Waals surface area contributed by atoms with Crippen molar-refractivity contribution in [2.75, 3.05) is 13.1 Å². The number of benzene rings is 2. The average molecular weight is 445 g/mol. The predicted molar refractivity (Wildman–Crippen MR) is 126 cm³/mol. The Balaban J connectivity index is 1.21. The molecular formula is C25H24N4O2S. The maximum Gasteiger partial charge on any atom is 0.348 e. The third-order valence-corrected chi connectivity index (χ3v) is 6.93. The van der Waals surface area contributed by atoms with Gasteiger partial charge in [-0.1, -0.05) is 42.5 Å². The molecule has 1 aliphatic heterocycles. The van der Waals surface area contributed by atoms with Crippen LogP contribution in [0.3, 0.4) is 0 Å². The monoisotopic (exact) mass is 444 g/mol. The second kappa shape index (κ2) is 8.96. The molecule has 0 radical (unpaired) electrons. The number of aromatic nitrogens is 3. The molecule has 6 nitrogen and oxygen atoms in total. The van der Waals surface area contributed by atoms with Crippen molar-refractivity contribution in [3.8, 4) is 16.1 Å². The molecule has 7 heteroatoms. The zero-order valence-corrected chi connectivity index (χ0v) is 18.4. The number of aromatic amines is 1. The maximum atomic E-state index is 13.0. The number of thiophene rings is 1. The topological polar surface area (TPSA) is 71.0 Å². The first kappa shape index (κ1) is 20.5. The zero-order chi connectivity index (χ0) is 21.9. The number of amides is 1. The Morgan fingerprint density at radius 3 is 2.38 bits per heavy atom. The highest BCUT2D eigenvalue weighted by molar-refractivity contribution is 7.12. The number of piperidine rings is 1. The molecule has 0 saturated carbocycles. The molecule has 0 bridgehead atoms. The van der Waals surface area contributed by atoms with E-state index in [1.165, 1.54) is 11.3 Å². The van der Waals surface area contributed by atoms with Crippen molar-refractivity contribution in [3.63, 3.8) is 0 Å². The second-order valence-electron chi connectivity index (χ2n) is 8.11. The van der Waals surface area contributed by atoms with Crippen LogP contribution in [0.2, 0.25) is 0 Å². The minimum absolute atomic E-state index is 0.0818. The van der Waals surface area contributed by atoms with Crippen LogP contribution in [-0.2, 0) is 6.42 Å². The van der Waals surface area contributed by atoms with Crippen LogP contribution in [0.4, 0.5) is 0 Å². The number of likely N-dealkylation sites (tertiary alicyclic amines) is 1. The molecule has 32 heavy (non-hydrogen) atoms. The van der Waals surface area contributed by atoms with Gasteiger partial charge in [0.15, 0.2) is 0 Å². The van der Waals surface area contributed by atoms with Crippen molar-refractivity contribution < 1.29 is 4.79 Å². The van der Waals surface area contributed by atoms with E-state index >= 15 is 0 Å². The average Bonchev–Trinajstić information content (AvgIpc) is 3.49. The van der Waals surface area contributed by atoms with Crippen LogP contribution in [0.1, 0.15) is 29.0 Å². The Labute approximate surface area is 190 Å². The number of nitrogens with one attached hydrogen (secondary N) is 1. The van der Waals surface area contributed by atoms with Gasteiger partial charge in [0.25, 0.3) is 5.91 Å². The van der Waals surface area contributed by atoms with Gasteiger partial charge in [-0.3, -0.25) is 4.79 Å². The Kier molecular flexibility index (Phi) is 5.73. The molecule has 1 N–H and O–H groups in total. The summed E-state index contributed by atoms with van der Waals surface area (Å²) in [6, 6.07) is 21.9. The summed E-state index contributed by atoms with van der Waals surface area (Å²) >= 11 is 1.52. The lowest BCUT2D eigenvalue weighted by Crippen LogP contribution is -2.39. The molecule has 1 fully saturated rings. The molecule has 5 rings (SSSR count). The molecule has 162 valence electrons. The summed E-state index contributed by atoms with van der Waals surface area (Å²) < 4.78 is 1.66. The quantitative estimate of drug-likeness (QED) is 0.496. The second-order valence-corrected chi connectivity index (χ2v) is 9.04. The molecule has 0 unspecified atom stereocenters.